The van der Waals surface area contributed by atoms with Gasteiger partial charge in [-0.05, 0) is 32.4 Å². The van der Waals surface area contributed by atoms with E-state index in [4.69, 9.17) is 9.47 Å². The molecule has 1 rings (SSSR count). The van der Waals surface area contributed by atoms with Gasteiger partial charge in [-0.1, -0.05) is 39.0 Å². The van der Waals surface area contributed by atoms with Crippen molar-refractivity contribution in [3.05, 3.63) is 30.3 Å². The van der Waals surface area contributed by atoms with Gasteiger partial charge >= 0.3 is 5.97 Å². The molecule has 0 heterocycles. The Kier molecular flexibility index (Phi) is 4.98. The maximum absolute atomic E-state index is 11.8. The van der Waals surface area contributed by atoms with E-state index in [2.05, 4.69) is 20.8 Å². The summed E-state index contributed by atoms with van der Waals surface area (Å²) in [6, 6.07) is 9.26. The summed E-state index contributed by atoms with van der Waals surface area (Å²) in [6.45, 7) is 10.1. The molecule has 0 aliphatic carbocycles. The molecule has 0 unspecified atom stereocenters. The van der Waals surface area contributed by atoms with Crippen molar-refractivity contribution in [1.82, 2.24) is 0 Å². The summed E-state index contributed by atoms with van der Waals surface area (Å²) >= 11 is 0. The van der Waals surface area contributed by atoms with Crippen LogP contribution in [0.15, 0.2) is 30.3 Å². The number of hydrogen-bond acceptors (Lipinski definition) is 3. The van der Waals surface area contributed by atoms with Crippen molar-refractivity contribution < 1.29 is 14.3 Å². The van der Waals surface area contributed by atoms with Crippen LogP contribution in [-0.4, -0.2) is 18.2 Å². The number of benzene rings is 1. The van der Waals surface area contributed by atoms with Gasteiger partial charge in [0.05, 0.1) is 0 Å². The van der Waals surface area contributed by atoms with Crippen LogP contribution in [0.1, 0.15) is 41.0 Å². The highest BCUT2D eigenvalue weighted by molar-refractivity contribution is 5.71. The first kappa shape index (κ1) is 15.5. The first-order valence-electron chi connectivity index (χ1n) is 6.68. The predicted octanol–water partition coefficient (Wildman–Crippen LogP) is 3.82. The second-order valence-electron chi connectivity index (χ2n) is 5.82. The summed E-state index contributed by atoms with van der Waals surface area (Å²) in [6.07, 6.45) is 0.937. The van der Waals surface area contributed by atoms with Gasteiger partial charge in [0.1, 0.15) is 11.4 Å². The Morgan fingerprint density at radius 2 is 1.68 bits per heavy atom. The number of ether oxygens (including phenoxy) is 2. The molecule has 0 saturated heterocycles. The summed E-state index contributed by atoms with van der Waals surface area (Å²) in [5.74, 6) is 0.336. The third-order valence-corrected chi connectivity index (χ3v) is 3.98. The first-order valence-corrected chi connectivity index (χ1v) is 6.68. The van der Waals surface area contributed by atoms with Gasteiger partial charge in [-0.25, -0.2) is 4.79 Å². The molecule has 0 aliphatic heterocycles. The number of para-hydroxylation sites is 1. The monoisotopic (exact) mass is 264 g/mol. The van der Waals surface area contributed by atoms with Gasteiger partial charge in [0.15, 0.2) is 6.61 Å². The van der Waals surface area contributed by atoms with Crippen LogP contribution in [0.2, 0.25) is 0 Å². The molecular weight excluding hydrogens is 240 g/mol. The Bertz CT molecular complexity index is 407. The third kappa shape index (κ3) is 4.27. The SMILES string of the molecule is CCC(C)(C)C(C)(C)OC(=O)COc1ccccc1. The van der Waals surface area contributed by atoms with Gasteiger partial charge in [-0.15, -0.1) is 0 Å². The average molecular weight is 264 g/mol. The molecule has 3 nitrogen and oxygen atoms in total. The molecule has 0 fully saturated rings. The van der Waals surface area contributed by atoms with Gasteiger partial charge < -0.3 is 9.47 Å². The van der Waals surface area contributed by atoms with E-state index < -0.39 is 5.60 Å². The van der Waals surface area contributed by atoms with Crippen molar-refractivity contribution in [2.45, 2.75) is 46.6 Å². The standard InChI is InChI=1S/C16H24O3/c1-6-15(2,3)16(4,5)19-14(17)12-18-13-10-8-7-9-11-13/h7-11H,6,12H2,1-5H3. The van der Waals surface area contributed by atoms with Crippen molar-refractivity contribution in [2.24, 2.45) is 5.41 Å². The van der Waals surface area contributed by atoms with Gasteiger partial charge in [-0.2, -0.15) is 0 Å². The Morgan fingerprint density at radius 1 is 1.11 bits per heavy atom. The fourth-order valence-corrected chi connectivity index (χ4v) is 1.54. The Balaban J connectivity index is 2.52. The lowest BCUT2D eigenvalue weighted by Gasteiger charge is -2.40. The van der Waals surface area contributed by atoms with Crippen LogP contribution >= 0.6 is 0 Å². The molecular formula is C16H24O3. The van der Waals surface area contributed by atoms with Crippen LogP contribution in [-0.2, 0) is 9.53 Å². The molecule has 0 atom stereocenters. The zero-order valence-corrected chi connectivity index (χ0v) is 12.5. The highest BCUT2D eigenvalue weighted by Crippen LogP contribution is 2.36. The smallest absolute Gasteiger partial charge is 0.344 e. The Morgan fingerprint density at radius 3 is 2.21 bits per heavy atom. The molecule has 0 aliphatic rings. The van der Waals surface area contributed by atoms with E-state index in [1.54, 1.807) is 0 Å². The first-order chi connectivity index (χ1) is 8.78. The predicted molar refractivity (Wildman–Crippen MR) is 76.2 cm³/mol. The lowest BCUT2D eigenvalue weighted by molar-refractivity contribution is -0.171. The van der Waals surface area contributed by atoms with Crippen LogP contribution in [0.3, 0.4) is 0 Å². The zero-order chi connectivity index (χ0) is 14.5. The topological polar surface area (TPSA) is 35.5 Å². The molecule has 0 saturated carbocycles. The molecule has 0 aromatic heterocycles. The van der Waals surface area contributed by atoms with Crippen molar-refractivity contribution in [3.63, 3.8) is 0 Å². The maximum Gasteiger partial charge on any atom is 0.344 e. The van der Waals surface area contributed by atoms with Crippen LogP contribution in [0.5, 0.6) is 5.75 Å². The second kappa shape index (κ2) is 6.09. The summed E-state index contributed by atoms with van der Waals surface area (Å²) in [7, 11) is 0. The van der Waals surface area contributed by atoms with Gasteiger partial charge in [0, 0.05) is 5.41 Å². The normalized spacial score (nSPS) is 12.1. The molecule has 0 amide bonds. The van der Waals surface area contributed by atoms with Crippen molar-refractivity contribution >= 4 is 5.97 Å². The van der Waals surface area contributed by atoms with Crippen LogP contribution < -0.4 is 4.74 Å². The zero-order valence-electron chi connectivity index (χ0n) is 12.5. The second-order valence-corrected chi connectivity index (χ2v) is 5.82. The molecule has 0 spiro atoms. The average Bonchev–Trinajstić information content (AvgIpc) is 2.37. The number of esters is 1. The van der Waals surface area contributed by atoms with E-state index in [0.29, 0.717) is 5.75 Å². The lowest BCUT2D eigenvalue weighted by Crippen LogP contribution is -2.43. The van der Waals surface area contributed by atoms with Gasteiger partial charge in [-0.3, -0.25) is 0 Å². The number of hydrogen-bond donors (Lipinski definition) is 0. The van der Waals surface area contributed by atoms with Gasteiger partial charge in [0.25, 0.3) is 0 Å². The van der Waals surface area contributed by atoms with E-state index in [-0.39, 0.29) is 18.0 Å². The van der Waals surface area contributed by atoms with E-state index in [9.17, 15) is 4.79 Å². The van der Waals surface area contributed by atoms with Gasteiger partial charge in [0.2, 0.25) is 0 Å². The van der Waals surface area contributed by atoms with Crippen LogP contribution in [0.4, 0.5) is 0 Å². The van der Waals surface area contributed by atoms with E-state index in [0.717, 1.165) is 6.42 Å². The third-order valence-electron chi connectivity index (χ3n) is 3.98. The largest absolute Gasteiger partial charge is 0.482 e. The fraction of sp³-hybridized carbons (Fsp3) is 0.562. The van der Waals surface area contributed by atoms with E-state index >= 15 is 0 Å². The summed E-state index contributed by atoms with van der Waals surface area (Å²) in [5.41, 5.74) is -0.589. The minimum Gasteiger partial charge on any atom is -0.482 e. The minimum absolute atomic E-state index is 0.0623. The Labute approximate surface area is 115 Å². The number of carbonyl (C=O) groups is 1. The maximum atomic E-state index is 11.8. The van der Waals surface area contributed by atoms with Crippen molar-refractivity contribution in [1.29, 1.82) is 0 Å². The number of carbonyl (C=O) groups excluding carboxylic acids is 1. The summed E-state index contributed by atoms with van der Waals surface area (Å²) < 4.78 is 10.9. The number of rotatable bonds is 6. The summed E-state index contributed by atoms with van der Waals surface area (Å²) in [4.78, 5) is 11.8. The molecule has 0 bridgehead atoms. The molecule has 19 heavy (non-hydrogen) atoms. The Hall–Kier alpha value is -1.51. The van der Waals surface area contributed by atoms with Crippen molar-refractivity contribution in [2.75, 3.05) is 6.61 Å². The summed E-state index contributed by atoms with van der Waals surface area (Å²) in [5, 5.41) is 0. The molecule has 1 aromatic rings. The van der Waals surface area contributed by atoms with E-state index in [1.807, 2.05) is 44.2 Å². The molecule has 0 N–H and O–H groups in total. The minimum atomic E-state index is -0.515. The molecule has 3 heteroatoms. The molecule has 0 radical (unpaired) electrons. The molecule has 106 valence electrons. The van der Waals surface area contributed by atoms with Crippen LogP contribution in [0, 0.1) is 5.41 Å². The van der Waals surface area contributed by atoms with Crippen LogP contribution in [0.25, 0.3) is 0 Å². The van der Waals surface area contributed by atoms with Crippen molar-refractivity contribution in [3.8, 4) is 5.75 Å². The molecule has 1 aromatic carbocycles. The van der Waals surface area contributed by atoms with E-state index in [1.165, 1.54) is 0 Å². The quantitative estimate of drug-likeness (QED) is 0.733. The fourth-order valence-electron chi connectivity index (χ4n) is 1.54. The highest BCUT2D eigenvalue weighted by atomic mass is 16.6. The lowest BCUT2D eigenvalue weighted by atomic mass is 9.75. The highest BCUT2D eigenvalue weighted by Gasteiger charge is 2.38.